The molecule has 0 radical (unpaired) electrons. The van der Waals surface area contributed by atoms with E-state index in [1.165, 1.54) is 10.8 Å². The standard InChI is InChI=1S/C3H6OS2/c1-2-5-6-3-4/h3H,2H2,1H3/i1D. The molecule has 1 nitrogen and oxygen atoms in total. The third-order valence-electron chi connectivity index (χ3n) is 0.191. The molecule has 0 bridgehead atoms. The van der Waals surface area contributed by atoms with Gasteiger partial charge in [-0.15, -0.1) is 0 Å². The Balaban J connectivity index is 2.56. The molecule has 0 saturated heterocycles. The summed E-state index contributed by atoms with van der Waals surface area (Å²) >= 11 is 0. The molecule has 0 aromatic heterocycles. The monoisotopic (exact) mass is 123 g/mol. The molecule has 0 fully saturated rings. The molecule has 0 aromatic rings. The predicted molar refractivity (Wildman–Crippen MR) is 32.5 cm³/mol. The van der Waals surface area contributed by atoms with Gasteiger partial charge >= 0.3 is 0 Å². The summed E-state index contributed by atoms with van der Waals surface area (Å²) in [7, 11) is 2.56. The lowest BCUT2D eigenvalue weighted by Crippen LogP contribution is -1.55. The van der Waals surface area contributed by atoms with Crippen molar-refractivity contribution < 1.29 is 6.17 Å². The molecule has 0 atom stereocenters. The lowest BCUT2D eigenvalue weighted by molar-refractivity contribution is 0.570. The molecule has 0 heterocycles. The van der Waals surface area contributed by atoms with Gasteiger partial charge in [0.1, 0.15) is 0 Å². The van der Waals surface area contributed by atoms with Crippen LogP contribution in [0.1, 0.15) is 8.27 Å². The van der Waals surface area contributed by atoms with Crippen molar-refractivity contribution in [3.8, 4) is 0 Å². The zero-order valence-corrected chi connectivity index (χ0v) is 4.85. The van der Waals surface area contributed by atoms with Crippen LogP contribution in [0.3, 0.4) is 0 Å². The molecule has 0 amide bonds. The smallest absolute Gasteiger partial charge is 0.186 e. The minimum absolute atomic E-state index is 0.394. The van der Waals surface area contributed by atoms with E-state index in [1.54, 1.807) is 0 Å². The predicted octanol–water partition coefficient (Wildman–Crippen LogP) is 1.58. The first-order valence-corrected chi connectivity index (χ1v) is 3.81. The summed E-state index contributed by atoms with van der Waals surface area (Å²) in [5, 5.41) is 0. The van der Waals surface area contributed by atoms with Crippen LogP contribution in [-0.4, -0.2) is 11.4 Å². The van der Waals surface area contributed by atoms with Gasteiger partial charge in [0, 0.05) is 7.12 Å². The van der Waals surface area contributed by atoms with Crippen LogP contribution in [0, 0.1) is 0 Å². The Morgan fingerprint density at radius 2 is 3.00 bits per heavy atom. The zero-order valence-electron chi connectivity index (χ0n) is 4.22. The molecule has 0 saturated carbocycles. The van der Waals surface area contributed by atoms with Crippen molar-refractivity contribution in [1.29, 1.82) is 0 Å². The number of rotatable bonds is 3. The lowest BCUT2D eigenvalue weighted by Gasteiger charge is -1.78. The Bertz CT molecular complexity index is 50.2. The summed E-state index contributed by atoms with van der Waals surface area (Å²) in [5.74, 6) is 0.739. The van der Waals surface area contributed by atoms with E-state index in [0.29, 0.717) is 6.90 Å². The average molecular weight is 123 g/mol. The summed E-state index contributed by atoms with van der Waals surface area (Å²) in [6.45, 7) is 0.394. The highest BCUT2D eigenvalue weighted by Gasteiger charge is 1.75. The van der Waals surface area contributed by atoms with Gasteiger partial charge in [-0.05, 0) is 10.8 Å². The van der Waals surface area contributed by atoms with Crippen molar-refractivity contribution in [2.24, 2.45) is 0 Å². The topological polar surface area (TPSA) is 17.1 Å². The number of hydrogen-bond acceptors (Lipinski definition) is 3. The van der Waals surface area contributed by atoms with E-state index in [9.17, 15) is 4.79 Å². The second kappa shape index (κ2) is 5.37. The fraction of sp³-hybridized carbons (Fsp3) is 0.667. The van der Waals surface area contributed by atoms with E-state index in [-0.39, 0.29) is 0 Å². The Morgan fingerprint density at radius 3 is 3.50 bits per heavy atom. The Labute approximate surface area is 46.7 Å². The first-order valence-electron chi connectivity index (χ1n) is 2.13. The molecule has 0 rings (SSSR count). The maximum absolute atomic E-state index is 9.56. The van der Waals surface area contributed by atoms with E-state index in [1.807, 2.05) is 0 Å². The van der Waals surface area contributed by atoms with Gasteiger partial charge in [0.15, 0.2) is 5.62 Å². The summed E-state index contributed by atoms with van der Waals surface area (Å²) < 4.78 is 6.63. The number of carbonyl (C=O) groups excluding carboxylic acids is 1. The summed E-state index contributed by atoms with van der Waals surface area (Å²) in [6.07, 6.45) is 0. The molecule has 0 spiro atoms. The summed E-state index contributed by atoms with van der Waals surface area (Å²) in [4.78, 5) is 9.56. The highest BCUT2D eigenvalue weighted by Crippen LogP contribution is 2.15. The molecule has 0 aliphatic heterocycles. The minimum Gasteiger partial charge on any atom is -0.290 e. The van der Waals surface area contributed by atoms with Crippen LogP contribution in [0.4, 0.5) is 0 Å². The van der Waals surface area contributed by atoms with Gasteiger partial charge in [0.05, 0.1) is 0 Å². The Kier molecular flexibility index (Phi) is 4.05. The van der Waals surface area contributed by atoms with Crippen molar-refractivity contribution in [3.05, 3.63) is 0 Å². The SMILES string of the molecule is [2H]CCSSC=O. The molecule has 36 valence electrons. The zero-order chi connectivity index (χ0) is 5.54. The number of hydrogen-bond donors (Lipinski definition) is 0. The quantitative estimate of drug-likeness (QED) is 0.322. The summed E-state index contributed by atoms with van der Waals surface area (Å²) in [6, 6.07) is 0. The van der Waals surface area contributed by atoms with Gasteiger partial charge in [0.2, 0.25) is 0 Å². The van der Waals surface area contributed by atoms with Crippen molar-refractivity contribution in [2.45, 2.75) is 6.90 Å². The Morgan fingerprint density at radius 1 is 2.17 bits per heavy atom. The van der Waals surface area contributed by atoms with E-state index in [2.05, 4.69) is 0 Å². The lowest BCUT2D eigenvalue weighted by atomic mass is 11.0. The van der Waals surface area contributed by atoms with Gasteiger partial charge in [-0.2, -0.15) is 0 Å². The largest absolute Gasteiger partial charge is 0.290 e. The third kappa shape index (κ3) is 4.37. The first kappa shape index (κ1) is 4.53. The second-order valence-electron chi connectivity index (χ2n) is 0.514. The molecule has 6 heavy (non-hydrogen) atoms. The van der Waals surface area contributed by atoms with Crippen LogP contribution in [0.15, 0.2) is 0 Å². The molecule has 0 aliphatic carbocycles. The van der Waals surface area contributed by atoms with Crippen LogP contribution in [0.5, 0.6) is 0 Å². The van der Waals surface area contributed by atoms with Crippen LogP contribution >= 0.6 is 21.6 Å². The first-order chi connectivity index (χ1) is 3.41. The van der Waals surface area contributed by atoms with Crippen molar-refractivity contribution in [2.75, 3.05) is 5.75 Å². The van der Waals surface area contributed by atoms with Crippen molar-refractivity contribution in [1.82, 2.24) is 0 Å². The average Bonchev–Trinajstić information content (AvgIpc) is 1.69. The van der Waals surface area contributed by atoms with Crippen LogP contribution in [-0.2, 0) is 4.79 Å². The van der Waals surface area contributed by atoms with Crippen molar-refractivity contribution >= 4 is 27.2 Å². The van der Waals surface area contributed by atoms with Crippen LogP contribution in [0.25, 0.3) is 0 Å². The minimum atomic E-state index is 0.394. The second-order valence-corrected chi connectivity index (χ2v) is 2.83. The van der Waals surface area contributed by atoms with Crippen LogP contribution < -0.4 is 0 Å². The fourth-order valence-corrected chi connectivity index (χ4v) is 0.683. The van der Waals surface area contributed by atoms with Gasteiger partial charge in [0.25, 0.3) is 0 Å². The molecule has 0 N–H and O–H groups in total. The van der Waals surface area contributed by atoms with E-state index >= 15 is 0 Å². The van der Waals surface area contributed by atoms with Gasteiger partial charge < -0.3 is 0 Å². The Hall–Kier alpha value is 0.370. The van der Waals surface area contributed by atoms with E-state index in [4.69, 9.17) is 1.37 Å². The van der Waals surface area contributed by atoms with E-state index < -0.39 is 0 Å². The molecule has 3 heteroatoms. The third-order valence-corrected chi connectivity index (χ3v) is 1.72. The summed E-state index contributed by atoms with van der Waals surface area (Å²) in [5.41, 5.74) is 0.778. The van der Waals surface area contributed by atoms with E-state index in [0.717, 1.165) is 22.2 Å². The highest BCUT2D eigenvalue weighted by atomic mass is 33.1. The molecular formula is C3H6OS2. The van der Waals surface area contributed by atoms with Crippen LogP contribution in [0.2, 0.25) is 0 Å². The van der Waals surface area contributed by atoms with Crippen molar-refractivity contribution in [3.63, 3.8) is 0 Å². The molecular weight excluding hydrogens is 116 g/mol. The van der Waals surface area contributed by atoms with Gasteiger partial charge in [-0.1, -0.05) is 17.7 Å². The van der Waals surface area contributed by atoms with Gasteiger partial charge in [-0.25, -0.2) is 0 Å². The fourth-order valence-electron chi connectivity index (χ4n) is 0.0759. The van der Waals surface area contributed by atoms with Gasteiger partial charge in [-0.3, -0.25) is 4.79 Å². The maximum Gasteiger partial charge on any atom is 0.186 e. The molecule has 0 aromatic carbocycles. The molecule has 0 aliphatic rings. The highest BCUT2D eigenvalue weighted by molar-refractivity contribution is 8.81. The number of carbonyl (C=O) groups is 1. The molecule has 0 unspecified atom stereocenters. The normalized spacial score (nSPS) is 10.3. The maximum atomic E-state index is 9.56.